The third kappa shape index (κ3) is 4.03. The Morgan fingerprint density at radius 3 is 2.44 bits per heavy atom. The highest BCUT2D eigenvalue weighted by Gasteiger charge is 2.24. The highest BCUT2D eigenvalue weighted by atomic mass is 19.2. The number of methoxy groups -OCH3 is 1. The molecule has 0 aromatic heterocycles. The van der Waals surface area contributed by atoms with Gasteiger partial charge in [0.1, 0.15) is 0 Å². The van der Waals surface area contributed by atoms with Crippen LogP contribution in [0.1, 0.15) is 38.8 Å². The maximum Gasteiger partial charge on any atom is 0.159 e. The Labute approximate surface area is 107 Å². The van der Waals surface area contributed by atoms with E-state index in [0.717, 1.165) is 18.2 Å². The van der Waals surface area contributed by atoms with Crippen molar-refractivity contribution in [1.29, 1.82) is 0 Å². The quantitative estimate of drug-likeness (QED) is 0.843. The summed E-state index contributed by atoms with van der Waals surface area (Å²) in [6, 6.07) is 3.96. The summed E-state index contributed by atoms with van der Waals surface area (Å²) in [6.07, 6.45) is 0.683. The smallest absolute Gasteiger partial charge is 0.159 e. The van der Waals surface area contributed by atoms with Gasteiger partial charge in [-0.15, -0.1) is 0 Å². The number of rotatable bonds is 6. The van der Waals surface area contributed by atoms with E-state index in [1.54, 1.807) is 13.2 Å². The van der Waals surface area contributed by atoms with Gasteiger partial charge in [-0.3, -0.25) is 0 Å². The topological polar surface area (TPSA) is 21.3 Å². The van der Waals surface area contributed by atoms with Crippen LogP contribution in [0.25, 0.3) is 0 Å². The van der Waals surface area contributed by atoms with Crippen molar-refractivity contribution in [2.45, 2.75) is 38.8 Å². The van der Waals surface area contributed by atoms with Crippen molar-refractivity contribution in [2.75, 3.05) is 13.7 Å². The van der Waals surface area contributed by atoms with E-state index in [4.69, 9.17) is 4.74 Å². The molecule has 102 valence electrons. The summed E-state index contributed by atoms with van der Waals surface area (Å²) in [6.45, 7) is 6.67. The second kappa shape index (κ2) is 6.25. The normalized spacial score (nSPS) is 13.7. The van der Waals surface area contributed by atoms with Crippen molar-refractivity contribution in [3.05, 3.63) is 35.4 Å². The number of hydrogen-bond acceptors (Lipinski definition) is 2. The fourth-order valence-corrected chi connectivity index (χ4v) is 1.86. The van der Waals surface area contributed by atoms with Crippen molar-refractivity contribution < 1.29 is 13.5 Å². The average molecular weight is 257 g/mol. The molecule has 2 nitrogen and oxygen atoms in total. The average Bonchev–Trinajstić information content (AvgIpc) is 2.32. The lowest BCUT2D eigenvalue weighted by Gasteiger charge is -2.29. The molecule has 0 amide bonds. The van der Waals surface area contributed by atoms with Crippen LogP contribution in [0.2, 0.25) is 0 Å². The largest absolute Gasteiger partial charge is 0.379 e. The monoisotopic (exact) mass is 257 g/mol. The standard InChI is InChI=1S/C14H21F2NO/c1-5-17-13(9-14(2,3)18-4)10-6-7-11(15)12(16)8-10/h6-8,13,17H,5,9H2,1-4H3. The summed E-state index contributed by atoms with van der Waals surface area (Å²) in [4.78, 5) is 0. The number of nitrogens with one attached hydrogen (secondary N) is 1. The lowest BCUT2D eigenvalue weighted by Crippen LogP contribution is -2.32. The molecule has 0 fully saturated rings. The van der Waals surface area contributed by atoms with Gasteiger partial charge in [0, 0.05) is 13.2 Å². The van der Waals surface area contributed by atoms with Gasteiger partial charge in [0.05, 0.1) is 5.60 Å². The van der Waals surface area contributed by atoms with Crippen LogP contribution in [0.3, 0.4) is 0 Å². The molecule has 0 radical (unpaired) electrons. The van der Waals surface area contributed by atoms with Crippen molar-refractivity contribution >= 4 is 0 Å². The summed E-state index contributed by atoms with van der Waals surface area (Å²) in [5.74, 6) is -1.63. The predicted octanol–water partition coefficient (Wildman–Crippen LogP) is 3.43. The number of benzene rings is 1. The molecule has 0 saturated heterocycles. The maximum atomic E-state index is 13.3. The Kier molecular flexibility index (Phi) is 5.23. The number of hydrogen-bond donors (Lipinski definition) is 1. The molecule has 0 saturated carbocycles. The minimum absolute atomic E-state index is 0.0555. The summed E-state index contributed by atoms with van der Waals surface area (Å²) in [5.41, 5.74) is 0.415. The second-order valence-electron chi connectivity index (χ2n) is 4.95. The summed E-state index contributed by atoms with van der Waals surface area (Å²) >= 11 is 0. The third-order valence-electron chi connectivity index (χ3n) is 3.04. The summed E-state index contributed by atoms with van der Waals surface area (Å²) in [5, 5.41) is 3.27. The predicted molar refractivity (Wildman–Crippen MR) is 68.5 cm³/mol. The van der Waals surface area contributed by atoms with Crippen molar-refractivity contribution in [3.8, 4) is 0 Å². The molecule has 0 aliphatic carbocycles. The second-order valence-corrected chi connectivity index (χ2v) is 4.95. The van der Waals surface area contributed by atoms with E-state index in [2.05, 4.69) is 5.32 Å². The molecule has 0 aliphatic rings. The van der Waals surface area contributed by atoms with Gasteiger partial charge in [-0.25, -0.2) is 8.78 Å². The molecule has 4 heteroatoms. The maximum absolute atomic E-state index is 13.3. The Morgan fingerprint density at radius 2 is 1.94 bits per heavy atom. The van der Waals surface area contributed by atoms with E-state index < -0.39 is 11.6 Å². The summed E-state index contributed by atoms with van der Waals surface area (Å²) < 4.78 is 31.6. The first-order valence-electron chi connectivity index (χ1n) is 6.13. The van der Waals surface area contributed by atoms with Crippen LogP contribution in [0.5, 0.6) is 0 Å². The van der Waals surface area contributed by atoms with E-state index in [1.807, 2.05) is 20.8 Å². The first kappa shape index (κ1) is 15.1. The van der Waals surface area contributed by atoms with Crippen LogP contribution in [-0.2, 0) is 4.74 Å². The van der Waals surface area contributed by atoms with Gasteiger partial charge >= 0.3 is 0 Å². The van der Waals surface area contributed by atoms with Gasteiger partial charge < -0.3 is 10.1 Å². The lowest BCUT2D eigenvalue weighted by atomic mass is 9.93. The van der Waals surface area contributed by atoms with Crippen molar-refractivity contribution in [1.82, 2.24) is 5.32 Å². The molecule has 1 aromatic carbocycles. The van der Waals surface area contributed by atoms with Crippen LogP contribution in [0.15, 0.2) is 18.2 Å². The molecule has 0 aliphatic heterocycles. The van der Waals surface area contributed by atoms with Crippen molar-refractivity contribution in [3.63, 3.8) is 0 Å². The fourth-order valence-electron chi connectivity index (χ4n) is 1.86. The molecule has 1 N–H and O–H groups in total. The van der Waals surface area contributed by atoms with Gasteiger partial charge in [0.2, 0.25) is 0 Å². The first-order valence-corrected chi connectivity index (χ1v) is 6.13. The van der Waals surface area contributed by atoms with Gasteiger partial charge in [-0.05, 0) is 44.5 Å². The van der Waals surface area contributed by atoms with E-state index >= 15 is 0 Å². The summed E-state index contributed by atoms with van der Waals surface area (Å²) in [7, 11) is 1.65. The van der Waals surface area contributed by atoms with Crippen LogP contribution >= 0.6 is 0 Å². The van der Waals surface area contributed by atoms with Crippen LogP contribution < -0.4 is 5.32 Å². The minimum Gasteiger partial charge on any atom is -0.379 e. The molecule has 1 aromatic rings. The van der Waals surface area contributed by atoms with Crippen molar-refractivity contribution in [2.24, 2.45) is 0 Å². The zero-order valence-corrected chi connectivity index (χ0v) is 11.4. The zero-order valence-electron chi connectivity index (χ0n) is 11.4. The highest BCUT2D eigenvalue weighted by Crippen LogP contribution is 2.26. The molecule has 0 spiro atoms. The molecule has 0 bridgehead atoms. The van der Waals surface area contributed by atoms with Gasteiger partial charge in [0.25, 0.3) is 0 Å². The lowest BCUT2D eigenvalue weighted by molar-refractivity contribution is 0.00694. The zero-order chi connectivity index (χ0) is 13.8. The van der Waals surface area contributed by atoms with Gasteiger partial charge in [-0.1, -0.05) is 13.0 Å². The Balaban J connectivity index is 2.93. The molecule has 18 heavy (non-hydrogen) atoms. The molecule has 1 unspecified atom stereocenters. The molecule has 1 atom stereocenters. The van der Waals surface area contributed by atoms with E-state index in [0.29, 0.717) is 6.42 Å². The van der Waals surface area contributed by atoms with Gasteiger partial charge in [0.15, 0.2) is 11.6 Å². The fraction of sp³-hybridized carbons (Fsp3) is 0.571. The number of halogens is 2. The highest BCUT2D eigenvalue weighted by molar-refractivity contribution is 5.21. The Bertz CT molecular complexity index is 393. The van der Waals surface area contributed by atoms with Crippen LogP contribution in [-0.4, -0.2) is 19.3 Å². The first-order chi connectivity index (χ1) is 8.39. The molecular weight excluding hydrogens is 236 g/mol. The van der Waals surface area contributed by atoms with Crippen LogP contribution in [0, 0.1) is 11.6 Å². The van der Waals surface area contributed by atoms with E-state index in [-0.39, 0.29) is 11.6 Å². The molecular formula is C14H21F2NO. The van der Waals surface area contributed by atoms with E-state index in [1.165, 1.54) is 6.07 Å². The minimum atomic E-state index is -0.819. The van der Waals surface area contributed by atoms with E-state index in [9.17, 15) is 8.78 Å². The third-order valence-corrected chi connectivity index (χ3v) is 3.04. The Hall–Kier alpha value is -1.00. The number of ether oxygens (including phenoxy) is 1. The Morgan fingerprint density at radius 1 is 1.28 bits per heavy atom. The molecule has 0 heterocycles. The van der Waals surface area contributed by atoms with Gasteiger partial charge in [-0.2, -0.15) is 0 Å². The SMILES string of the molecule is CCNC(CC(C)(C)OC)c1ccc(F)c(F)c1. The molecule has 1 rings (SSSR count). The van der Waals surface area contributed by atoms with Crippen LogP contribution in [0.4, 0.5) is 8.78 Å².